The van der Waals surface area contributed by atoms with Crippen LogP contribution in [0.3, 0.4) is 0 Å². The molecule has 3 N–H and O–H groups in total. The van der Waals surface area contributed by atoms with E-state index in [1.54, 1.807) is 6.20 Å². The molecule has 0 spiro atoms. The summed E-state index contributed by atoms with van der Waals surface area (Å²) < 4.78 is 26.8. The number of carbonyl (C=O) groups excluding carboxylic acids is 1. The Balaban J connectivity index is 1.87. The Labute approximate surface area is 149 Å². The summed E-state index contributed by atoms with van der Waals surface area (Å²) >= 11 is 0.886. The standard InChI is InChI=1S/C13H19N7O3S2/c1-9(21)18-13-15-8-12(24-13)25(22,23)17-5-4-14-11-6-10(20(2)3)7-16-19-11/h6-8,17H,4-5H2,1-3H3,(H,14,19)(H,15,18,21). The first-order valence-electron chi connectivity index (χ1n) is 7.25. The van der Waals surface area contributed by atoms with Gasteiger partial charge in [-0.2, -0.15) is 5.10 Å². The van der Waals surface area contributed by atoms with E-state index < -0.39 is 10.0 Å². The van der Waals surface area contributed by atoms with E-state index in [4.69, 9.17) is 0 Å². The number of aromatic nitrogens is 3. The van der Waals surface area contributed by atoms with E-state index in [9.17, 15) is 13.2 Å². The smallest absolute Gasteiger partial charge is 0.251 e. The van der Waals surface area contributed by atoms with Crippen LogP contribution in [0.5, 0.6) is 0 Å². The van der Waals surface area contributed by atoms with Crippen molar-refractivity contribution in [3.8, 4) is 0 Å². The van der Waals surface area contributed by atoms with Crippen molar-refractivity contribution >= 4 is 43.9 Å². The molecule has 0 radical (unpaired) electrons. The molecule has 1 amide bonds. The van der Waals surface area contributed by atoms with Crippen molar-refractivity contribution < 1.29 is 13.2 Å². The fraction of sp³-hybridized carbons (Fsp3) is 0.385. The van der Waals surface area contributed by atoms with Gasteiger partial charge in [-0.15, -0.1) is 5.10 Å². The third-order valence-electron chi connectivity index (χ3n) is 2.91. The first kappa shape index (κ1) is 19.0. The Bertz CT molecular complexity index is 836. The molecule has 2 rings (SSSR count). The summed E-state index contributed by atoms with van der Waals surface area (Å²) in [4.78, 5) is 16.7. The quantitative estimate of drug-likeness (QED) is 0.555. The summed E-state index contributed by atoms with van der Waals surface area (Å²) in [6.07, 6.45) is 2.84. The van der Waals surface area contributed by atoms with Crippen LogP contribution < -0.4 is 20.3 Å². The summed E-state index contributed by atoms with van der Waals surface area (Å²) in [5.74, 6) is 0.243. The highest BCUT2D eigenvalue weighted by molar-refractivity contribution is 7.91. The lowest BCUT2D eigenvalue weighted by Gasteiger charge is -2.12. The minimum atomic E-state index is -3.68. The highest BCUT2D eigenvalue weighted by atomic mass is 32.2. The van der Waals surface area contributed by atoms with E-state index in [0.717, 1.165) is 17.0 Å². The molecule has 0 aromatic carbocycles. The number of thiazole rings is 1. The topological polar surface area (TPSA) is 129 Å². The highest BCUT2D eigenvalue weighted by Crippen LogP contribution is 2.22. The van der Waals surface area contributed by atoms with Gasteiger partial charge in [-0.25, -0.2) is 18.1 Å². The predicted molar refractivity (Wildman–Crippen MR) is 96.5 cm³/mol. The van der Waals surface area contributed by atoms with Crippen molar-refractivity contribution in [3.63, 3.8) is 0 Å². The molecule has 0 fully saturated rings. The SMILES string of the molecule is CC(=O)Nc1ncc(S(=O)(=O)NCCNc2cc(N(C)C)cnn2)s1. The normalized spacial score (nSPS) is 11.2. The molecule has 0 unspecified atom stereocenters. The molecule has 10 nitrogen and oxygen atoms in total. The van der Waals surface area contributed by atoms with Crippen molar-refractivity contribution in [1.29, 1.82) is 0 Å². The fourth-order valence-electron chi connectivity index (χ4n) is 1.73. The van der Waals surface area contributed by atoms with Gasteiger partial charge in [-0.05, 0) is 0 Å². The average molecular weight is 385 g/mol. The van der Waals surface area contributed by atoms with Gasteiger partial charge in [0, 0.05) is 40.2 Å². The van der Waals surface area contributed by atoms with Gasteiger partial charge in [0.05, 0.1) is 18.1 Å². The zero-order valence-electron chi connectivity index (χ0n) is 14.0. The van der Waals surface area contributed by atoms with E-state index in [0.29, 0.717) is 12.4 Å². The molecule has 0 aliphatic rings. The molecule has 0 saturated heterocycles. The number of rotatable bonds is 8. The maximum absolute atomic E-state index is 12.2. The number of hydrogen-bond acceptors (Lipinski definition) is 9. The van der Waals surface area contributed by atoms with Crippen LogP contribution in [0.15, 0.2) is 22.7 Å². The highest BCUT2D eigenvalue weighted by Gasteiger charge is 2.17. The van der Waals surface area contributed by atoms with Crippen LogP contribution in [0.2, 0.25) is 0 Å². The Morgan fingerprint density at radius 3 is 2.72 bits per heavy atom. The largest absolute Gasteiger partial charge is 0.376 e. The Morgan fingerprint density at radius 1 is 1.28 bits per heavy atom. The lowest BCUT2D eigenvalue weighted by atomic mass is 10.4. The van der Waals surface area contributed by atoms with Crippen LogP contribution in [0, 0.1) is 0 Å². The Hall–Kier alpha value is -2.31. The molecule has 136 valence electrons. The molecular weight excluding hydrogens is 366 g/mol. The van der Waals surface area contributed by atoms with Gasteiger partial charge in [0.2, 0.25) is 5.91 Å². The second kappa shape index (κ2) is 8.18. The first-order valence-corrected chi connectivity index (χ1v) is 9.55. The lowest BCUT2D eigenvalue weighted by Crippen LogP contribution is -2.28. The molecular formula is C13H19N7O3S2. The van der Waals surface area contributed by atoms with Gasteiger partial charge in [-0.3, -0.25) is 4.79 Å². The second-order valence-corrected chi connectivity index (χ2v) is 8.21. The molecule has 2 heterocycles. The van der Waals surface area contributed by atoms with Gasteiger partial charge >= 0.3 is 0 Å². The van der Waals surface area contributed by atoms with Crippen LogP contribution in [0.4, 0.5) is 16.6 Å². The summed E-state index contributed by atoms with van der Waals surface area (Å²) in [6.45, 7) is 1.82. The number of sulfonamides is 1. The molecule has 0 atom stereocenters. The first-order chi connectivity index (χ1) is 11.8. The van der Waals surface area contributed by atoms with E-state index >= 15 is 0 Å². The summed E-state index contributed by atoms with van der Waals surface area (Å²) in [5.41, 5.74) is 0.883. The number of carbonyl (C=O) groups is 1. The summed E-state index contributed by atoms with van der Waals surface area (Å²) in [6, 6.07) is 1.81. The molecule has 2 aromatic rings. The Morgan fingerprint density at radius 2 is 2.04 bits per heavy atom. The molecule has 25 heavy (non-hydrogen) atoms. The molecule has 12 heteroatoms. The van der Waals surface area contributed by atoms with Gasteiger partial charge in [-0.1, -0.05) is 11.3 Å². The second-order valence-electron chi connectivity index (χ2n) is 5.18. The Kier molecular flexibility index (Phi) is 6.22. The van der Waals surface area contributed by atoms with Crippen molar-refractivity contribution in [3.05, 3.63) is 18.5 Å². The number of hydrogen-bond donors (Lipinski definition) is 3. The number of amides is 1. The fourth-order valence-corrected chi connectivity index (χ4v) is 3.88. The van der Waals surface area contributed by atoms with E-state index in [1.165, 1.54) is 13.1 Å². The van der Waals surface area contributed by atoms with Gasteiger partial charge in [0.1, 0.15) is 0 Å². The van der Waals surface area contributed by atoms with Crippen LogP contribution >= 0.6 is 11.3 Å². The maximum Gasteiger partial charge on any atom is 0.251 e. The van der Waals surface area contributed by atoms with Gasteiger partial charge in [0.25, 0.3) is 10.0 Å². The average Bonchev–Trinajstić information content (AvgIpc) is 3.00. The minimum absolute atomic E-state index is 0.0330. The predicted octanol–water partition coefficient (Wildman–Crippen LogP) is 0.348. The third kappa shape index (κ3) is 5.62. The zero-order valence-corrected chi connectivity index (χ0v) is 15.6. The molecule has 2 aromatic heterocycles. The lowest BCUT2D eigenvalue weighted by molar-refractivity contribution is -0.114. The van der Waals surface area contributed by atoms with E-state index in [-0.39, 0.29) is 21.8 Å². The third-order valence-corrected chi connectivity index (χ3v) is 5.75. The summed E-state index contributed by atoms with van der Waals surface area (Å²) in [7, 11) is 0.0954. The number of nitrogens with zero attached hydrogens (tertiary/aromatic N) is 4. The van der Waals surface area contributed by atoms with Crippen molar-refractivity contribution in [2.45, 2.75) is 11.1 Å². The van der Waals surface area contributed by atoms with Crippen LogP contribution in [-0.4, -0.2) is 56.7 Å². The zero-order chi connectivity index (χ0) is 18.4. The maximum atomic E-state index is 12.2. The van der Waals surface area contributed by atoms with Crippen molar-refractivity contribution in [2.75, 3.05) is 42.7 Å². The van der Waals surface area contributed by atoms with E-state index in [1.807, 2.05) is 25.1 Å². The molecule has 0 bridgehead atoms. The molecule has 0 aliphatic carbocycles. The van der Waals surface area contributed by atoms with Crippen LogP contribution in [-0.2, 0) is 14.8 Å². The molecule has 0 saturated carbocycles. The number of nitrogens with one attached hydrogen (secondary N) is 3. The van der Waals surface area contributed by atoms with E-state index in [2.05, 4.69) is 30.5 Å². The van der Waals surface area contributed by atoms with Gasteiger partial charge < -0.3 is 15.5 Å². The monoisotopic (exact) mass is 385 g/mol. The van der Waals surface area contributed by atoms with Gasteiger partial charge in [0.15, 0.2) is 15.2 Å². The molecule has 0 aliphatic heterocycles. The van der Waals surface area contributed by atoms with Crippen molar-refractivity contribution in [2.24, 2.45) is 0 Å². The summed E-state index contributed by atoms with van der Waals surface area (Å²) in [5, 5.41) is 13.5. The number of anilines is 3. The minimum Gasteiger partial charge on any atom is -0.376 e. The van der Waals surface area contributed by atoms with Crippen molar-refractivity contribution in [1.82, 2.24) is 19.9 Å². The van der Waals surface area contributed by atoms with Crippen LogP contribution in [0.1, 0.15) is 6.92 Å². The van der Waals surface area contributed by atoms with Crippen LogP contribution in [0.25, 0.3) is 0 Å².